The highest BCUT2D eigenvalue weighted by atomic mass is 31.2. The normalized spacial score (nSPS) is 26.1. The molecule has 10 atom stereocenters. The van der Waals surface area contributed by atoms with E-state index in [1.807, 2.05) is 10.2 Å². The van der Waals surface area contributed by atoms with E-state index >= 15 is 4.79 Å². The molecule has 0 radical (unpaired) electrons. The van der Waals surface area contributed by atoms with Crippen molar-refractivity contribution in [1.82, 2.24) is 20.5 Å². The minimum Gasteiger partial charge on any atom is -0.507 e. The number of carbonyl (C=O) groups excluding carboxylic acids is 6. The van der Waals surface area contributed by atoms with E-state index in [1.54, 1.807) is 52.8 Å². The van der Waals surface area contributed by atoms with Crippen LogP contribution in [-0.2, 0) is 47.5 Å². The van der Waals surface area contributed by atoms with Crippen LogP contribution in [0.1, 0.15) is 94.1 Å². The van der Waals surface area contributed by atoms with Crippen molar-refractivity contribution < 1.29 is 81.8 Å². The number of hydrogen-bond donors (Lipinski definition) is 8. The number of ether oxygens (including phenoxy) is 4. The number of aliphatic hydroxyl groups is 2. The summed E-state index contributed by atoms with van der Waals surface area (Å²) in [6.45, 7) is 21.7. The lowest BCUT2D eigenvalue weighted by Gasteiger charge is -2.38. The summed E-state index contributed by atoms with van der Waals surface area (Å²) in [5.41, 5.74) is -1.98. The first-order valence-electron chi connectivity index (χ1n) is 28.5. The Kier molecular flexibility index (Phi) is 20.6. The van der Waals surface area contributed by atoms with Gasteiger partial charge in [-0.3, -0.25) is 43.0 Å². The van der Waals surface area contributed by atoms with E-state index in [0.29, 0.717) is 24.7 Å². The maximum atomic E-state index is 15.1. The molecule has 1 aromatic heterocycles. The zero-order valence-electron chi connectivity index (χ0n) is 50.0. The number of allylic oxidation sites excluding steroid dienone is 3. The number of aromatic nitrogens is 1. The van der Waals surface area contributed by atoms with Crippen molar-refractivity contribution in [3.05, 3.63) is 79.5 Å². The van der Waals surface area contributed by atoms with Gasteiger partial charge in [0.25, 0.3) is 5.91 Å². The van der Waals surface area contributed by atoms with Crippen LogP contribution in [0.15, 0.2) is 62.3 Å². The molecule has 3 amide bonds. The van der Waals surface area contributed by atoms with Gasteiger partial charge in [0.1, 0.15) is 34.9 Å². The van der Waals surface area contributed by atoms with Crippen LogP contribution in [0.25, 0.3) is 38.7 Å². The fourth-order valence-corrected chi connectivity index (χ4v) is 11.6. The molecule has 8 N–H and O–H groups in total. The number of benzene rings is 3. The topological polar surface area (TPSA) is 360 Å². The number of anilines is 2. The van der Waals surface area contributed by atoms with Gasteiger partial charge in [0, 0.05) is 118 Å². The highest BCUT2D eigenvalue weighted by Crippen LogP contribution is 2.43. The molecule has 5 bridgehead atoms. The first-order valence-corrected chi connectivity index (χ1v) is 30.2. The fourth-order valence-electron chi connectivity index (χ4n) is 11.1. The van der Waals surface area contributed by atoms with E-state index in [2.05, 4.69) is 29.4 Å². The number of aldehydes is 1. The van der Waals surface area contributed by atoms with Gasteiger partial charge in [-0.1, -0.05) is 66.7 Å². The Bertz CT molecular complexity index is 3640. The smallest absolute Gasteiger partial charge is 0.355 e. The molecule has 8 rings (SSSR count). The number of aliphatic hydroxyl groups excluding tert-OH is 2. The van der Waals surface area contributed by atoms with Gasteiger partial charge in [0.05, 0.1) is 29.4 Å². The van der Waals surface area contributed by atoms with E-state index in [4.69, 9.17) is 28.3 Å². The number of carbonyl (C=O) groups is 6. The van der Waals surface area contributed by atoms with Crippen molar-refractivity contribution in [2.24, 2.45) is 35.5 Å². The molecule has 466 valence electrons. The number of amides is 3. The predicted octanol–water partition coefficient (Wildman–Crippen LogP) is 4.62. The number of aromatic hydroxyl groups is 1. The number of piperazine rings is 1. The molecule has 4 aliphatic rings. The highest BCUT2D eigenvalue weighted by molar-refractivity contribution is 7.53. The average molecular weight is 1220 g/mol. The third-order valence-electron chi connectivity index (χ3n) is 16.2. The number of hydrogen-bond acceptors (Lipinski definition) is 20. The molecule has 0 spiro atoms. The first kappa shape index (κ1) is 65.8. The number of esters is 2. The van der Waals surface area contributed by atoms with Crippen molar-refractivity contribution in [1.29, 1.82) is 0 Å². The van der Waals surface area contributed by atoms with E-state index in [-0.39, 0.29) is 62.5 Å². The summed E-state index contributed by atoms with van der Waals surface area (Å²) in [5, 5.41) is 42.8. The molecular formula is C60H77N6O19P. The molecule has 1 fully saturated rings. The molecule has 25 nitrogen and oxygen atoms in total. The van der Waals surface area contributed by atoms with Gasteiger partial charge in [0.15, 0.2) is 34.5 Å². The monoisotopic (exact) mass is 1220 g/mol. The van der Waals surface area contributed by atoms with Crippen LogP contribution in [0.5, 0.6) is 11.5 Å². The zero-order chi connectivity index (χ0) is 63.4. The van der Waals surface area contributed by atoms with Gasteiger partial charge in [-0.2, -0.15) is 0 Å². The van der Waals surface area contributed by atoms with Crippen LogP contribution >= 0.6 is 7.60 Å². The summed E-state index contributed by atoms with van der Waals surface area (Å²) in [4.78, 5) is 134. The van der Waals surface area contributed by atoms with Crippen molar-refractivity contribution >= 4 is 93.6 Å². The predicted molar refractivity (Wildman–Crippen MR) is 318 cm³/mol. The number of nitrogens with one attached hydrogen (secondary N) is 3. The van der Waals surface area contributed by atoms with E-state index in [0.717, 1.165) is 19.6 Å². The summed E-state index contributed by atoms with van der Waals surface area (Å²) in [6.07, 6.45) is 2.44. The van der Waals surface area contributed by atoms with Crippen LogP contribution in [0.4, 0.5) is 11.4 Å². The fraction of sp³-hybridized carbons (Fsp3) is 0.517. The second kappa shape index (κ2) is 26.9. The summed E-state index contributed by atoms with van der Waals surface area (Å²) in [7, 11) is -4.97. The Morgan fingerprint density at radius 1 is 0.895 bits per heavy atom. The van der Waals surface area contributed by atoms with Crippen molar-refractivity contribution in [2.75, 3.05) is 49.5 Å². The Balaban J connectivity index is 1.30. The molecule has 1 unspecified atom stereocenters. The standard InChI is InChI=1S/C60H77N6O19P/c1-29(2)27-65-20-22-66(23-21-65)38-25-39(69)48-40(26-38)83-57-49(63-48)45-46-52(74)36(9)56-47(45)58(76)60(11,85-56)81-24-18-30(3)33(6)55(82-37(10)68)35(8)51(73)34(7)54(31(4)13-12-14-32(5)59(77)64-50(57)53(46)75)84-44(72)16-15-41(70)61-19-17-42(71)62-43(28-67)86(78,79)80/h12-14,18,24-26,28-31,33-35,43,51,54-55,73-74,76H,15-17,19-23,27H2,1-11H3,(H,61,70)(H,62,71)(H,64,77)(H2,78,79,80)/b13-12+,24-18+,32-14-/t30-,31-,33+,34-,35+,43?,51+,54-,55+,60-/m0/s1. The lowest BCUT2D eigenvalue weighted by molar-refractivity contribution is -0.164. The Labute approximate surface area is 495 Å². The summed E-state index contributed by atoms with van der Waals surface area (Å²) in [5.74, 6) is -12.4. The molecule has 4 aliphatic heterocycles. The second-order valence-corrected chi connectivity index (χ2v) is 24.9. The molecule has 26 heteroatoms. The van der Waals surface area contributed by atoms with Crippen LogP contribution < -0.4 is 41.7 Å². The first-order chi connectivity index (χ1) is 40.4. The average Bonchev–Trinajstić information content (AvgIpc) is 1.34. The molecule has 4 aromatic rings. The second-order valence-electron chi connectivity index (χ2n) is 23.2. The van der Waals surface area contributed by atoms with E-state index < -0.39 is 149 Å². The quantitative estimate of drug-likeness (QED) is 0.0281. The molecule has 3 aromatic carbocycles. The van der Waals surface area contributed by atoms with Crippen LogP contribution in [0.3, 0.4) is 0 Å². The van der Waals surface area contributed by atoms with Gasteiger partial charge in [-0.25, -0.2) is 4.98 Å². The maximum absolute atomic E-state index is 15.1. The zero-order valence-corrected chi connectivity index (χ0v) is 50.9. The van der Waals surface area contributed by atoms with Crippen molar-refractivity contribution in [3.8, 4) is 11.5 Å². The minimum absolute atomic E-state index is 0.0172. The summed E-state index contributed by atoms with van der Waals surface area (Å²) >= 11 is 0. The number of phenolic OH excluding ortho intramolecular Hbond substituents is 1. The van der Waals surface area contributed by atoms with Gasteiger partial charge in [0.2, 0.25) is 22.7 Å². The van der Waals surface area contributed by atoms with E-state index in [9.17, 15) is 63.2 Å². The molecule has 86 heavy (non-hydrogen) atoms. The molecule has 1 saturated heterocycles. The number of nitrogens with zero attached hydrogens (tertiary/aromatic N) is 3. The molecule has 0 saturated carbocycles. The number of phenols is 1. The Morgan fingerprint density at radius 2 is 1.57 bits per heavy atom. The summed E-state index contributed by atoms with van der Waals surface area (Å²) < 4.78 is 42.4. The minimum atomic E-state index is -4.97. The van der Waals surface area contributed by atoms with Gasteiger partial charge in [-0.15, -0.1) is 0 Å². The SMILES string of the molecule is CC(=O)O[C@H]1[C@H](C)[C@H](O)[C@H](C)[C@@H](OC(=O)CCC(=O)NCCC(=O)NC(C=O)P(=O)(O)O)[C@@H](C)/C=C/C=C(/C)C(=O)Nc2c(=O)c3c(O)c(C)c4c(c3c3nc5c(=O)cc(N6CCN(CC(C)C)CC6)cc5oc23)=C(O)[C@@](C)(O/C=C/[C@H](C)[C@H]1C)O4. The van der Waals surface area contributed by atoms with Crippen molar-refractivity contribution in [3.63, 3.8) is 0 Å². The van der Waals surface area contributed by atoms with Crippen LogP contribution in [0, 0.1) is 42.4 Å². The van der Waals surface area contributed by atoms with Gasteiger partial charge < -0.3 is 74.1 Å². The molecular weight excluding hydrogens is 1140 g/mol. The highest BCUT2D eigenvalue weighted by Gasteiger charge is 2.45. The summed E-state index contributed by atoms with van der Waals surface area (Å²) in [6, 6.07) is 3.09. The Hall–Kier alpha value is -7.70. The number of fused-ring (bicyclic) bond motifs is 14. The lowest BCUT2D eigenvalue weighted by atomic mass is 9.77. The largest absolute Gasteiger partial charge is 0.507 e. The van der Waals surface area contributed by atoms with Gasteiger partial charge in [-0.05, 0) is 37.7 Å². The maximum Gasteiger partial charge on any atom is 0.355 e. The molecule has 5 heterocycles. The molecule has 0 aliphatic carbocycles. The number of rotatable bonds is 14. The lowest BCUT2D eigenvalue weighted by Crippen LogP contribution is -2.47. The van der Waals surface area contributed by atoms with Gasteiger partial charge >= 0.3 is 25.3 Å². The van der Waals surface area contributed by atoms with Crippen LogP contribution in [-0.4, -0.2) is 140 Å². The van der Waals surface area contributed by atoms with Crippen LogP contribution in [0.2, 0.25) is 0 Å². The Morgan fingerprint density at radius 3 is 2.21 bits per heavy atom. The van der Waals surface area contributed by atoms with Crippen molar-refractivity contribution in [2.45, 2.75) is 125 Å². The third-order valence-corrected chi connectivity index (χ3v) is 17.2. The third kappa shape index (κ3) is 14.4. The van der Waals surface area contributed by atoms with E-state index in [1.165, 1.54) is 52.2 Å².